The van der Waals surface area contributed by atoms with Crippen molar-refractivity contribution >= 4 is 29.6 Å². The average molecular weight is 518 g/mol. The highest BCUT2D eigenvalue weighted by Crippen LogP contribution is 2.29. The molecule has 4 amide bonds. The highest BCUT2D eigenvalue weighted by atomic mass is 32.2. The SMILES string of the molecule is CSCC[C@H]1C(=O)N(CCC2=CCCCC2)C[C@H]2N1C(=O)CN(C)N2C(=O)NCc1ccc(F)cc1. The van der Waals surface area contributed by atoms with E-state index in [2.05, 4.69) is 11.4 Å². The van der Waals surface area contributed by atoms with Crippen LogP contribution in [-0.4, -0.2) is 88.6 Å². The molecule has 0 saturated carbocycles. The second-order valence-electron chi connectivity index (χ2n) is 9.67. The van der Waals surface area contributed by atoms with Crippen LogP contribution in [0, 0.1) is 5.82 Å². The number of amides is 4. The zero-order chi connectivity index (χ0) is 25.7. The molecule has 2 aliphatic heterocycles. The van der Waals surface area contributed by atoms with Crippen molar-refractivity contribution in [2.24, 2.45) is 0 Å². The third-order valence-corrected chi connectivity index (χ3v) is 7.83. The van der Waals surface area contributed by atoms with Crippen molar-refractivity contribution in [1.29, 1.82) is 0 Å². The molecule has 1 N–H and O–H groups in total. The lowest BCUT2D eigenvalue weighted by Gasteiger charge is -2.54. The van der Waals surface area contributed by atoms with Crippen molar-refractivity contribution in [3.05, 3.63) is 47.3 Å². The van der Waals surface area contributed by atoms with Gasteiger partial charge in [0.05, 0.1) is 13.1 Å². The van der Waals surface area contributed by atoms with E-state index in [-0.39, 0.29) is 43.3 Å². The van der Waals surface area contributed by atoms with Gasteiger partial charge in [0.25, 0.3) is 0 Å². The van der Waals surface area contributed by atoms with E-state index in [1.807, 2.05) is 11.2 Å². The summed E-state index contributed by atoms with van der Waals surface area (Å²) in [4.78, 5) is 43.5. The number of halogens is 1. The van der Waals surface area contributed by atoms with Crippen molar-refractivity contribution < 1.29 is 18.8 Å². The van der Waals surface area contributed by atoms with Crippen LogP contribution in [0.15, 0.2) is 35.9 Å². The van der Waals surface area contributed by atoms with E-state index in [0.717, 1.165) is 30.6 Å². The van der Waals surface area contributed by atoms with Crippen LogP contribution in [0.3, 0.4) is 0 Å². The van der Waals surface area contributed by atoms with Gasteiger partial charge in [-0.1, -0.05) is 23.8 Å². The first-order valence-electron chi connectivity index (χ1n) is 12.7. The molecule has 8 nitrogen and oxygen atoms in total. The second kappa shape index (κ2) is 12.1. The minimum atomic E-state index is -0.579. The molecule has 0 spiro atoms. The molecule has 1 aromatic carbocycles. The summed E-state index contributed by atoms with van der Waals surface area (Å²) in [6.07, 6.45) is 9.66. The van der Waals surface area contributed by atoms with E-state index in [1.165, 1.54) is 30.5 Å². The molecule has 196 valence electrons. The van der Waals surface area contributed by atoms with Gasteiger partial charge in [0.1, 0.15) is 18.0 Å². The topological polar surface area (TPSA) is 76.2 Å². The Morgan fingerprint density at radius 3 is 2.67 bits per heavy atom. The average Bonchev–Trinajstić information content (AvgIpc) is 2.87. The lowest BCUT2D eigenvalue weighted by molar-refractivity contribution is -0.187. The molecule has 4 rings (SSSR count). The summed E-state index contributed by atoms with van der Waals surface area (Å²) in [6.45, 7) is 1.13. The first-order valence-corrected chi connectivity index (χ1v) is 14.1. The molecular weight excluding hydrogens is 481 g/mol. The van der Waals surface area contributed by atoms with Gasteiger partial charge in [0.2, 0.25) is 11.8 Å². The molecule has 2 atom stereocenters. The number of nitrogens with one attached hydrogen (secondary N) is 1. The number of urea groups is 1. The van der Waals surface area contributed by atoms with Gasteiger partial charge in [-0.2, -0.15) is 11.8 Å². The number of likely N-dealkylation sites (N-methyl/N-ethyl adjacent to an activating group) is 1. The molecule has 36 heavy (non-hydrogen) atoms. The number of hydrazine groups is 1. The van der Waals surface area contributed by atoms with Crippen LogP contribution in [0.25, 0.3) is 0 Å². The van der Waals surface area contributed by atoms with Gasteiger partial charge in [0, 0.05) is 20.1 Å². The van der Waals surface area contributed by atoms with Gasteiger partial charge in [-0.05, 0) is 68.2 Å². The maximum atomic E-state index is 13.5. The molecule has 2 saturated heterocycles. The summed E-state index contributed by atoms with van der Waals surface area (Å²) in [6, 6.07) is 5.05. The second-order valence-corrected chi connectivity index (χ2v) is 10.7. The van der Waals surface area contributed by atoms with Crippen molar-refractivity contribution in [1.82, 2.24) is 25.1 Å². The number of nitrogens with zero attached hydrogens (tertiary/aromatic N) is 4. The van der Waals surface area contributed by atoms with E-state index < -0.39 is 12.2 Å². The Bertz CT molecular complexity index is 988. The van der Waals surface area contributed by atoms with E-state index >= 15 is 0 Å². The standard InChI is InChI=1S/C26H36FN5O3S/c1-29-18-24(33)31-22(13-15-36-2)25(34)30(14-12-19-6-4-3-5-7-19)17-23(31)32(29)26(35)28-16-20-8-10-21(27)11-9-20/h6,8-11,22-23H,3-5,7,12-18H2,1-2H3,(H,28,35)/t22-,23-/m0/s1. The zero-order valence-electron chi connectivity index (χ0n) is 21.1. The summed E-state index contributed by atoms with van der Waals surface area (Å²) in [5.74, 6) is 0.251. The van der Waals surface area contributed by atoms with Gasteiger partial charge in [-0.25, -0.2) is 19.2 Å². The minimum Gasteiger partial charge on any atom is -0.337 e. The fourth-order valence-electron chi connectivity index (χ4n) is 5.28. The Morgan fingerprint density at radius 1 is 1.19 bits per heavy atom. The quantitative estimate of drug-likeness (QED) is 0.536. The van der Waals surface area contributed by atoms with E-state index in [0.29, 0.717) is 13.0 Å². The number of allylic oxidation sites excluding steroid dienone is 1. The van der Waals surface area contributed by atoms with Crippen LogP contribution in [-0.2, 0) is 16.1 Å². The normalized spacial score (nSPS) is 23.0. The maximum Gasteiger partial charge on any atom is 0.334 e. The predicted octanol–water partition coefficient (Wildman–Crippen LogP) is 3.21. The van der Waals surface area contributed by atoms with Crippen LogP contribution >= 0.6 is 11.8 Å². The first kappa shape index (κ1) is 26.5. The van der Waals surface area contributed by atoms with Crippen molar-refractivity contribution in [3.8, 4) is 0 Å². The summed E-state index contributed by atoms with van der Waals surface area (Å²) < 4.78 is 13.2. The summed E-state index contributed by atoms with van der Waals surface area (Å²) in [5, 5.41) is 6.10. The number of fused-ring (bicyclic) bond motifs is 1. The molecule has 0 aromatic heterocycles. The van der Waals surface area contributed by atoms with Crippen molar-refractivity contribution in [2.45, 2.75) is 57.3 Å². The number of carbonyl (C=O) groups excluding carboxylic acids is 3. The number of rotatable bonds is 8. The van der Waals surface area contributed by atoms with Crippen LogP contribution in [0.2, 0.25) is 0 Å². The monoisotopic (exact) mass is 517 g/mol. The Balaban J connectivity index is 1.53. The largest absolute Gasteiger partial charge is 0.337 e. The molecule has 2 heterocycles. The molecule has 0 unspecified atom stereocenters. The van der Waals surface area contributed by atoms with Gasteiger partial charge >= 0.3 is 6.03 Å². The van der Waals surface area contributed by atoms with Crippen LogP contribution < -0.4 is 5.32 Å². The van der Waals surface area contributed by atoms with Gasteiger partial charge < -0.3 is 15.1 Å². The molecule has 1 aromatic rings. The molecule has 1 aliphatic carbocycles. The third-order valence-electron chi connectivity index (χ3n) is 7.19. The van der Waals surface area contributed by atoms with Crippen LogP contribution in [0.5, 0.6) is 0 Å². The van der Waals surface area contributed by atoms with Gasteiger partial charge in [-0.15, -0.1) is 0 Å². The molecule has 3 aliphatic rings. The third kappa shape index (κ3) is 6.03. The number of thioether (sulfide) groups is 1. The molecule has 2 fully saturated rings. The fraction of sp³-hybridized carbons (Fsp3) is 0.577. The Hall–Kier alpha value is -2.59. The number of hydrogen-bond acceptors (Lipinski definition) is 5. The van der Waals surface area contributed by atoms with Crippen LogP contribution in [0.1, 0.15) is 44.1 Å². The van der Waals surface area contributed by atoms with Gasteiger partial charge in [0.15, 0.2) is 0 Å². The van der Waals surface area contributed by atoms with E-state index in [4.69, 9.17) is 0 Å². The Kier molecular flexibility index (Phi) is 8.90. The number of benzene rings is 1. The van der Waals surface area contributed by atoms with Crippen molar-refractivity contribution in [2.75, 3.05) is 38.7 Å². The summed E-state index contributed by atoms with van der Waals surface area (Å²) in [5.41, 5.74) is 2.17. The highest BCUT2D eigenvalue weighted by molar-refractivity contribution is 7.98. The molecule has 10 heteroatoms. The van der Waals surface area contributed by atoms with E-state index in [1.54, 1.807) is 45.9 Å². The van der Waals surface area contributed by atoms with E-state index in [9.17, 15) is 18.8 Å². The lowest BCUT2D eigenvalue weighted by Crippen LogP contribution is -2.76. The Labute approximate surface area is 216 Å². The lowest BCUT2D eigenvalue weighted by atomic mass is 9.96. The maximum absolute atomic E-state index is 13.5. The smallest absolute Gasteiger partial charge is 0.334 e. The predicted molar refractivity (Wildman–Crippen MR) is 138 cm³/mol. The Morgan fingerprint density at radius 2 is 1.97 bits per heavy atom. The van der Waals surface area contributed by atoms with Crippen molar-refractivity contribution in [3.63, 3.8) is 0 Å². The summed E-state index contributed by atoms with van der Waals surface area (Å²) in [7, 11) is 1.72. The molecular formula is C26H36FN5O3S. The highest BCUT2D eigenvalue weighted by Gasteiger charge is 2.50. The molecule has 0 radical (unpaired) electrons. The fourth-order valence-corrected chi connectivity index (χ4v) is 5.74. The zero-order valence-corrected chi connectivity index (χ0v) is 21.9. The number of carbonyl (C=O) groups is 3. The van der Waals surface area contributed by atoms with Gasteiger partial charge in [-0.3, -0.25) is 9.59 Å². The molecule has 0 bridgehead atoms. The summed E-state index contributed by atoms with van der Waals surface area (Å²) >= 11 is 1.64. The number of hydrogen-bond donors (Lipinski definition) is 1. The minimum absolute atomic E-state index is 0.0242. The van der Waals surface area contributed by atoms with Crippen LogP contribution in [0.4, 0.5) is 9.18 Å². The number of piperazine rings is 1. The first-order chi connectivity index (χ1) is 17.4.